The molecule has 0 aliphatic carbocycles. The van der Waals surface area contributed by atoms with Gasteiger partial charge in [-0.3, -0.25) is 29.0 Å². The first kappa shape index (κ1) is 31.8. The molecule has 1 aliphatic rings. The quantitative estimate of drug-likeness (QED) is 0.226. The van der Waals surface area contributed by atoms with Crippen molar-refractivity contribution in [1.82, 2.24) is 34.9 Å². The van der Waals surface area contributed by atoms with Gasteiger partial charge in [-0.05, 0) is 86.4 Å². The number of likely N-dealkylation sites (tertiary alicyclic amines) is 1. The van der Waals surface area contributed by atoms with Gasteiger partial charge in [-0.2, -0.15) is 5.10 Å². The molecule has 0 spiro atoms. The van der Waals surface area contributed by atoms with E-state index in [2.05, 4.69) is 27.1 Å². The fourth-order valence-corrected chi connectivity index (χ4v) is 7.06. The predicted molar refractivity (Wildman–Crippen MR) is 180 cm³/mol. The van der Waals surface area contributed by atoms with Crippen molar-refractivity contribution in [3.63, 3.8) is 0 Å². The largest absolute Gasteiger partial charge is 0.355 e. The monoisotopic (exact) mass is 635 g/mol. The van der Waals surface area contributed by atoms with Gasteiger partial charge in [0.25, 0.3) is 11.5 Å². The second-order valence-electron chi connectivity index (χ2n) is 12.6. The van der Waals surface area contributed by atoms with Crippen molar-refractivity contribution in [1.29, 1.82) is 0 Å². The number of rotatable bonds is 6. The lowest BCUT2D eigenvalue weighted by molar-refractivity contribution is -0.129. The van der Waals surface area contributed by atoms with Crippen molar-refractivity contribution >= 4 is 33.8 Å². The van der Waals surface area contributed by atoms with E-state index in [1.54, 1.807) is 17.3 Å². The lowest BCUT2D eigenvalue weighted by atomic mass is 9.81. The van der Waals surface area contributed by atoms with Gasteiger partial charge in [0, 0.05) is 42.2 Å². The van der Waals surface area contributed by atoms with E-state index < -0.39 is 17.3 Å². The van der Waals surface area contributed by atoms with Crippen LogP contribution in [-0.4, -0.2) is 61.1 Å². The number of fused-ring (bicyclic) bond motifs is 2. The molecule has 6 rings (SSSR count). The summed E-state index contributed by atoms with van der Waals surface area (Å²) in [5.41, 5.74) is 4.08. The SMILES string of the molecule is C=CC(=O)N1CCC(c2c(C(=O)NC)c(=O)n(-c3c(C)ccnc3C(C)C)c3nc(-c4c(C)ccc5[nH]ncc45)c(F)cc23)C[C@H]1C. The lowest BCUT2D eigenvalue weighted by Gasteiger charge is -2.38. The van der Waals surface area contributed by atoms with Crippen LogP contribution in [0.3, 0.4) is 0 Å². The molecule has 10 nitrogen and oxygen atoms in total. The molecule has 242 valence electrons. The van der Waals surface area contributed by atoms with Gasteiger partial charge in [0.15, 0.2) is 0 Å². The van der Waals surface area contributed by atoms with Gasteiger partial charge >= 0.3 is 0 Å². The van der Waals surface area contributed by atoms with Crippen LogP contribution >= 0.6 is 0 Å². The van der Waals surface area contributed by atoms with E-state index in [-0.39, 0.29) is 40.7 Å². The van der Waals surface area contributed by atoms with Crippen LogP contribution in [0.15, 0.2) is 54.1 Å². The van der Waals surface area contributed by atoms with Gasteiger partial charge < -0.3 is 10.2 Å². The Balaban J connectivity index is 1.76. The third-order valence-electron chi connectivity index (χ3n) is 9.33. The van der Waals surface area contributed by atoms with Gasteiger partial charge in [0.2, 0.25) is 5.91 Å². The molecule has 11 heteroatoms. The summed E-state index contributed by atoms with van der Waals surface area (Å²) in [7, 11) is 1.47. The summed E-state index contributed by atoms with van der Waals surface area (Å²) < 4.78 is 18.1. The van der Waals surface area contributed by atoms with E-state index in [1.807, 2.05) is 52.8 Å². The van der Waals surface area contributed by atoms with Crippen LogP contribution in [-0.2, 0) is 4.79 Å². The number of nitrogens with zero attached hydrogens (tertiary/aromatic N) is 5. The molecule has 47 heavy (non-hydrogen) atoms. The van der Waals surface area contributed by atoms with E-state index in [4.69, 9.17) is 4.98 Å². The van der Waals surface area contributed by atoms with Crippen LogP contribution in [0.1, 0.15) is 78.2 Å². The standard InChI is InChI=1S/C36H38FN7O3/c1-8-27(45)43-14-12-22(15-21(43)6)29-23-16-25(37)32(28-19(4)9-10-26-24(28)17-40-42-26)41-34(23)44(36(47)30(29)35(46)38-7)33-20(5)11-13-39-31(33)18(2)3/h8-11,13,16-18,21-22H,1,12,14-15H2,2-7H3,(H,38,46)(H,40,42)/t21-,22?/m1/s1. The molecule has 2 N–H and O–H groups in total. The van der Waals surface area contributed by atoms with Gasteiger partial charge in [0.1, 0.15) is 22.7 Å². The number of halogens is 1. The molecule has 0 radical (unpaired) electrons. The number of benzene rings is 1. The van der Waals surface area contributed by atoms with Crippen LogP contribution in [0.25, 0.3) is 38.9 Å². The summed E-state index contributed by atoms with van der Waals surface area (Å²) in [5, 5.41) is 10.8. The Morgan fingerprint density at radius 2 is 1.94 bits per heavy atom. The minimum absolute atomic E-state index is 0.0688. The molecule has 5 aromatic rings. The smallest absolute Gasteiger partial charge is 0.270 e. The van der Waals surface area contributed by atoms with E-state index in [0.717, 1.165) is 16.6 Å². The topological polar surface area (TPSA) is 126 Å². The Morgan fingerprint density at radius 3 is 2.62 bits per heavy atom. The average Bonchev–Trinajstić information content (AvgIpc) is 3.53. The fourth-order valence-electron chi connectivity index (χ4n) is 7.06. The molecule has 2 atom stereocenters. The maximum absolute atomic E-state index is 16.6. The Labute approximate surface area is 271 Å². The molecule has 1 saturated heterocycles. The predicted octanol–water partition coefficient (Wildman–Crippen LogP) is 5.84. The highest BCUT2D eigenvalue weighted by molar-refractivity contribution is 6.02. The minimum atomic E-state index is -0.595. The Bertz CT molecular complexity index is 2150. The van der Waals surface area contributed by atoms with E-state index >= 15 is 4.39 Å². The van der Waals surface area contributed by atoms with E-state index in [9.17, 15) is 14.4 Å². The first-order valence-electron chi connectivity index (χ1n) is 15.8. The fraction of sp³-hybridized carbons (Fsp3) is 0.333. The molecule has 0 bridgehead atoms. The van der Waals surface area contributed by atoms with E-state index in [0.29, 0.717) is 52.7 Å². The summed E-state index contributed by atoms with van der Waals surface area (Å²) in [4.78, 5) is 52.5. The van der Waals surface area contributed by atoms with Crippen LogP contribution in [0.5, 0.6) is 0 Å². The zero-order valence-electron chi connectivity index (χ0n) is 27.4. The molecule has 1 aromatic carbocycles. The number of hydrogen-bond donors (Lipinski definition) is 2. The molecule has 4 aromatic heterocycles. The summed E-state index contributed by atoms with van der Waals surface area (Å²) in [6, 6.07) is 6.75. The lowest BCUT2D eigenvalue weighted by Crippen LogP contribution is -2.44. The van der Waals surface area contributed by atoms with Crippen LogP contribution in [0.4, 0.5) is 4.39 Å². The van der Waals surface area contributed by atoms with Gasteiger partial charge in [-0.15, -0.1) is 0 Å². The molecule has 2 amide bonds. The van der Waals surface area contributed by atoms with Crippen molar-refractivity contribution in [2.45, 2.75) is 65.3 Å². The highest BCUT2D eigenvalue weighted by Gasteiger charge is 2.35. The number of aromatic nitrogens is 5. The summed E-state index contributed by atoms with van der Waals surface area (Å²) >= 11 is 0. The normalized spacial score (nSPS) is 16.6. The Morgan fingerprint density at radius 1 is 1.17 bits per heavy atom. The number of pyridine rings is 3. The van der Waals surface area contributed by atoms with Crippen LogP contribution in [0.2, 0.25) is 0 Å². The summed E-state index contributed by atoms with van der Waals surface area (Å²) in [6.45, 7) is 13.7. The first-order chi connectivity index (χ1) is 22.5. The molecule has 1 unspecified atom stereocenters. The molecule has 1 fully saturated rings. The van der Waals surface area contributed by atoms with Crippen molar-refractivity contribution in [3.8, 4) is 16.9 Å². The maximum atomic E-state index is 16.6. The Kier molecular flexibility index (Phi) is 8.25. The summed E-state index contributed by atoms with van der Waals surface area (Å²) in [6.07, 6.45) is 5.54. The van der Waals surface area contributed by atoms with Crippen molar-refractivity contribution in [3.05, 3.63) is 93.4 Å². The van der Waals surface area contributed by atoms with E-state index in [1.165, 1.54) is 23.8 Å². The molecule has 5 heterocycles. The number of carbonyl (C=O) groups excluding carboxylic acids is 2. The molecular formula is C36H38FN7O3. The molecular weight excluding hydrogens is 597 g/mol. The highest BCUT2D eigenvalue weighted by Crippen LogP contribution is 2.40. The third kappa shape index (κ3) is 5.19. The van der Waals surface area contributed by atoms with Crippen molar-refractivity contribution in [2.24, 2.45) is 0 Å². The van der Waals surface area contributed by atoms with Crippen LogP contribution < -0.4 is 10.9 Å². The zero-order chi connectivity index (χ0) is 33.7. The van der Waals surface area contributed by atoms with Gasteiger partial charge in [0.05, 0.1) is 23.1 Å². The number of piperidine rings is 1. The average molecular weight is 636 g/mol. The van der Waals surface area contributed by atoms with Crippen LogP contribution in [0, 0.1) is 19.7 Å². The molecule has 0 saturated carbocycles. The Hall–Kier alpha value is -5.19. The number of H-pyrrole nitrogens is 1. The second-order valence-corrected chi connectivity index (χ2v) is 12.6. The summed E-state index contributed by atoms with van der Waals surface area (Å²) in [5.74, 6) is -1.76. The maximum Gasteiger partial charge on any atom is 0.270 e. The highest BCUT2D eigenvalue weighted by atomic mass is 19.1. The number of amides is 2. The molecule has 1 aliphatic heterocycles. The zero-order valence-corrected chi connectivity index (χ0v) is 27.4. The third-order valence-corrected chi connectivity index (χ3v) is 9.33. The number of aromatic amines is 1. The number of hydrogen-bond acceptors (Lipinski definition) is 6. The number of carbonyl (C=O) groups is 2. The van der Waals surface area contributed by atoms with Crippen molar-refractivity contribution in [2.75, 3.05) is 13.6 Å². The number of aryl methyl sites for hydroxylation is 2. The minimum Gasteiger partial charge on any atom is -0.355 e. The number of nitrogens with one attached hydrogen (secondary N) is 2. The second kappa shape index (κ2) is 12.2. The van der Waals surface area contributed by atoms with Gasteiger partial charge in [-0.25, -0.2) is 9.37 Å². The first-order valence-corrected chi connectivity index (χ1v) is 15.8. The van der Waals surface area contributed by atoms with Crippen molar-refractivity contribution < 1.29 is 14.0 Å². The van der Waals surface area contributed by atoms with Gasteiger partial charge in [-0.1, -0.05) is 26.5 Å².